The summed E-state index contributed by atoms with van der Waals surface area (Å²) in [6, 6.07) is 55.0. The van der Waals surface area contributed by atoms with E-state index in [9.17, 15) is 37.3 Å². The van der Waals surface area contributed by atoms with Gasteiger partial charge in [0.25, 0.3) is 0 Å². The molecule has 0 aliphatic carbocycles. The van der Waals surface area contributed by atoms with Gasteiger partial charge in [-0.1, -0.05) is 174 Å². The van der Waals surface area contributed by atoms with Crippen LogP contribution in [0.3, 0.4) is 0 Å². The van der Waals surface area contributed by atoms with Crippen molar-refractivity contribution in [3.8, 4) is 78.4 Å². The highest BCUT2D eigenvalue weighted by Gasteiger charge is 2.53. The summed E-state index contributed by atoms with van der Waals surface area (Å²) >= 11 is 26.4. The number of hydrogen-bond acceptors (Lipinski definition) is 34. The Bertz CT molecular complexity index is 7510. The van der Waals surface area contributed by atoms with Gasteiger partial charge >= 0.3 is 0 Å². The predicted octanol–water partition coefficient (Wildman–Crippen LogP) is 15.5. The van der Waals surface area contributed by atoms with E-state index >= 15 is 0 Å². The smallest absolute Gasteiger partial charge is 0.195 e. The van der Waals surface area contributed by atoms with Gasteiger partial charge in [0.05, 0.1) is 197 Å². The number of ether oxygens (including phenoxy) is 12. The zero-order valence-electron chi connectivity index (χ0n) is 80.4. The Balaban J connectivity index is 0.000000115. The molecule has 13 aliphatic heterocycles. The number of halogens is 4. The normalized spacial score (nSPS) is 27.0. The van der Waals surface area contributed by atoms with Crippen LogP contribution in [0.5, 0.6) is 0 Å². The average molecular weight is 2150 g/mol. The zero-order valence-corrected chi connectivity index (χ0v) is 86.7. The van der Waals surface area contributed by atoms with Crippen LogP contribution in [-0.2, 0) is 140 Å². The summed E-state index contributed by atoms with van der Waals surface area (Å²) in [7, 11) is -9.28. The van der Waals surface area contributed by atoms with Gasteiger partial charge in [-0.3, -0.25) is 27.9 Å². The standard InChI is InChI=1S/2C27H27ClN4O5S.C27H26ClN3O5S.C24H26ClN3O5S/c1-38(2,34)30-12-18-8-7-17(11-29-18)15-3-5-16(6-4-15)25-19(28)9-20-21(32-25)10-24(31-20)37-23-14-36-26-22(33)13-35-27(23)26;1-38(2,34)30-12-18-9-17(7-8-29-18)15-3-5-16(6-4-15)25-19(28)10-20-21(32-25)11-24(31-20)37-23-14-36-26-22(33)13-35-27(23)26;1-37(29,33)14-15-2-4-16(5-3-15)17-6-8-18(9-7-17)25-19(28)10-20-21(31-25)11-24(30-20)36-23-13-35-26-22(32)12-34-27(23)26;25-16-9-17-18(10-21(27-17)33-20-12-32-23-19(29)11-31-24(20)23)28-22(16)15-3-1-13(2-4-15)14-5-7-34(26,30)8-6-14/h3-9,11,22-23,26-27,33H,10,12-14H2,1-2H3;3-10,22-23,26-27,33H,11-14H2,1-2H3;2-10,22-23,26-27,29,32H,11-14H2,1H3;1-4,9,14,19-20,23-24,26,29H,5-8,10-12H2/t2*22-,23-,26-,27-;22-,23-,26-,27-,37?;14?,19-,20-,23-,24-,34?/m1111/s1. The van der Waals surface area contributed by atoms with Crippen molar-refractivity contribution in [2.75, 3.05) is 95.6 Å². The fourth-order valence-electron chi connectivity index (χ4n) is 19.8. The van der Waals surface area contributed by atoms with Gasteiger partial charge in [0.1, 0.15) is 73.2 Å². The van der Waals surface area contributed by atoms with Crippen LogP contribution in [0.15, 0.2) is 211 Å². The maximum atomic E-state index is 11.9. The van der Waals surface area contributed by atoms with E-state index in [0.29, 0.717) is 172 Å². The summed E-state index contributed by atoms with van der Waals surface area (Å²) < 4.78 is 141. The lowest BCUT2D eigenvalue weighted by molar-refractivity contribution is 0.00555. The molecule has 24 rings (SSSR count). The Hall–Kier alpha value is -10.6. The third-order valence-corrected chi connectivity index (χ3v) is 32.6. The van der Waals surface area contributed by atoms with E-state index in [1.54, 1.807) is 37.4 Å². The van der Waals surface area contributed by atoms with Crippen LogP contribution >= 0.6 is 46.4 Å². The maximum Gasteiger partial charge on any atom is 0.195 e. The van der Waals surface area contributed by atoms with Crippen LogP contribution in [0.1, 0.15) is 64.1 Å². The van der Waals surface area contributed by atoms with Crippen LogP contribution in [0.2, 0.25) is 20.1 Å². The largest absolute Gasteiger partial charge is 0.472 e. The Kier molecular flexibility index (Phi) is 29.7. The molecule has 0 bridgehead atoms. The highest BCUT2D eigenvalue weighted by Crippen LogP contribution is 2.45. The molecule has 1 unspecified atom stereocenters. The molecule has 34 nitrogen and oxygen atoms in total. The topological polar surface area (TPSA) is 459 Å². The van der Waals surface area contributed by atoms with Gasteiger partial charge in [0, 0.05) is 122 Å². The van der Waals surface area contributed by atoms with Crippen LogP contribution in [-0.4, -0.2) is 284 Å². The Morgan fingerprint density at radius 3 is 1.00 bits per heavy atom. The first-order valence-corrected chi connectivity index (χ1v) is 58.3. The van der Waals surface area contributed by atoms with E-state index in [0.717, 1.165) is 108 Å². The number of rotatable bonds is 18. The monoisotopic (exact) mass is 2150 g/mol. The highest BCUT2D eigenvalue weighted by atomic mass is 35.5. The first-order chi connectivity index (χ1) is 70.6. The van der Waals surface area contributed by atoms with Gasteiger partial charge < -0.3 is 77.3 Å². The number of pyridine rings is 6. The van der Waals surface area contributed by atoms with Crippen molar-refractivity contribution in [2.45, 2.75) is 161 Å². The first kappa shape index (κ1) is 102. The molecule has 6 N–H and O–H groups in total. The van der Waals surface area contributed by atoms with Crippen molar-refractivity contribution in [3.05, 3.63) is 248 Å². The van der Waals surface area contributed by atoms with Crippen LogP contribution in [0.4, 0.5) is 22.7 Å². The van der Waals surface area contributed by atoms with E-state index in [-0.39, 0.29) is 105 Å². The molecule has 768 valence electrons. The number of aliphatic hydroxyl groups excluding tert-OH is 4. The molecule has 0 amide bonds. The molecule has 6 aromatic heterocycles. The van der Waals surface area contributed by atoms with Gasteiger partial charge in [0.15, 0.2) is 48.0 Å². The number of fused-ring (bicyclic) bond motifs is 8. The maximum absolute atomic E-state index is 11.9. The third kappa shape index (κ3) is 23.5. The second kappa shape index (κ2) is 42.7. The van der Waals surface area contributed by atoms with E-state index in [1.807, 2.05) is 158 Å². The van der Waals surface area contributed by atoms with Crippen molar-refractivity contribution in [2.24, 2.45) is 28.7 Å². The molecule has 13 aliphatic rings. The summed E-state index contributed by atoms with van der Waals surface area (Å²) in [6.45, 7) is 3.04. The summed E-state index contributed by atoms with van der Waals surface area (Å²) in [6.07, 6.45) is 8.48. The molecular formula is C105H106Cl4N14O20S4. The fourth-order valence-corrected chi connectivity index (χ4v) is 24.1. The van der Waals surface area contributed by atoms with Crippen molar-refractivity contribution in [1.29, 1.82) is 9.56 Å². The minimum atomic E-state index is -2.57. The lowest BCUT2D eigenvalue weighted by Crippen LogP contribution is -2.34. The first-order valence-electron chi connectivity index (χ1n) is 48.1. The van der Waals surface area contributed by atoms with E-state index in [4.69, 9.17) is 133 Å². The number of nitrogens with one attached hydrogen (secondary N) is 2. The summed E-state index contributed by atoms with van der Waals surface area (Å²) in [5.41, 5.74) is 21.9. The molecule has 17 atom stereocenters. The molecule has 147 heavy (non-hydrogen) atoms. The number of aliphatic hydroxyl groups is 4. The zero-order chi connectivity index (χ0) is 102. The molecule has 5 aromatic carbocycles. The quantitative estimate of drug-likeness (QED) is 0.0464. The summed E-state index contributed by atoms with van der Waals surface area (Å²) in [5.74, 6) is 3.71. The SMILES string of the molecule is CS(=N)(=O)Cc1ccc(-c2ccc(-c3nc4c(cc3Cl)N=C(O[C@@H]3CO[C@H]5[C@@H]3OC[C@H]5O)C4)cc2)cc1.CS(C)(=O)=NCc1cc(-c2ccc(-c3nc4c(cc3Cl)N=C(O[C@@H]3CO[C@H]5[C@@H]3OC[C@H]5O)C4)cc2)ccn1.CS(C)(=O)=NCc1ccc(-c2ccc(-c3nc4c(cc3Cl)N=C(O[C@@H]3CO[C@H]5[C@@H]3OC[C@H]5O)C4)cc2)cn1.N=S1(=O)CCC(c2ccc(-c3nc4c(cc3Cl)N=C(O[C@@H]3CO[C@H]5[C@@H]3OC[C@H]5O)C4)cc2)CC1. The molecule has 42 heteroatoms. The molecule has 19 heterocycles. The van der Waals surface area contributed by atoms with Gasteiger partial charge in [-0.15, -0.1) is 0 Å². The Morgan fingerprint density at radius 1 is 0.374 bits per heavy atom. The number of aromatic nitrogens is 6. The minimum absolute atomic E-state index is 0.248. The lowest BCUT2D eigenvalue weighted by atomic mass is 9.92. The second-order valence-corrected chi connectivity index (χ2v) is 50.5. The molecule has 0 radical (unpaired) electrons. The number of aliphatic imine (C=N–C) groups is 4. The average Bonchev–Trinajstić information content (AvgIpc) is 1.70. The third-order valence-electron chi connectivity index (χ3n) is 27.3. The summed E-state index contributed by atoms with van der Waals surface area (Å²) in [4.78, 5) is 46.3. The summed E-state index contributed by atoms with van der Waals surface area (Å²) in [5, 5.41) is 41.8. The number of hydrogen-bond donors (Lipinski definition) is 6. The molecule has 9 fully saturated rings. The lowest BCUT2D eigenvalue weighted by Gasteiger charge is -2.24. The molecule has 0 saturated carbocycles. The number of nitrogens with zero attached hydrogens (tertiary/aromatic N) is 12. The van der Waals surface area contributed by atoms with E-state index in [1.165, 1.54) is 11.8 Å². The Morgan fingerprint density at radius 2 is 0.673 bits per heavy atom. The van der Waals surface area contributed by atoms with Gasteiger partial charge in [0.2, 0.25) is 0 Å². The van der Waals surface area contributed by atoms with Crippen molar-refractivity contribution in [1.82, 2.24) is 29.9 Å². The van der Waals surface area contributed by atoms with Gasteiger partial charge in [-0.25, -0.2) is 57.0 Å². The highest BCUT2D eigenvalue weighted by molar-refractivity contribution is 7.92. The van der Waals surface area contributed by atoms with E-state index in [2.05, 4.69) is 50.8 Å². The van der Waals surface area contributed by atoms with Crippen molar-refractivity contribution >= 4 is 132 Å². The molecule has 11 aromatic rings. The molecule has 9 saturated heterocycles. The number of benzene rings is 5. The second-order valence-electron chi connectivity index (χ2n) is 38.9. The van der Waals surface area contributed by atoms with Gasteiger partial charge in [-0.2, -0.15) is 0 Å². The van der Waals surface area contributed by atoms with Crippen molar-refractivity contribution < 1.29 is 94.1 Å². The molecular weight excluding hydrogens is 2050 g/mol. The van der Waals surface area contributed by atoms with Crippen LogP contribution < -0.4 is 0 Å². The molecule has 0 spiro atoms. The minimum Gasteiger partial charge on any atom is -0.472 e. The van der Waals surface area contributed by atoms with Crippen molar-refractivity contribution in [3.63, 3.8) is 0 Å². The van der Waals surface area contributed by atoms with E-state index < -0.39 is 63.3 Å². The Labute approximate surface area is 870 Å². The predicted molar refractivity (Wildman–Crippen MR) is 561 cm³/mol. The van der Waals surface area contributed by atoms with Crippen LogP contribution in [0.25, 0.3) is 78.4 Å². The fraction of sp³-hybridized carbons (Fsp3) is 0.390. The van der Waals surface area contributed by atoms with Crippen LogP contribution in [0, 0.1) is 9.56 Å². The van der Waals surface area contributed by atoms with Gasteiger partial charge in [-0.05, 0) is 100 Å².